The van der Waals surface area contributed by atoms with Crippen LogP contribution in [0.25, 0.3) is 0 Å². The first-order valence-corrected chi connectivity index (χ1v) is 4.74. The van der Waals surface area contributed by atoms with E-state index < -0.39 is 5.97 Å². The summed E-state index contributed by atoms with van der Waals surface area (Å²) in [6, 6.07) is 6.99. The number of benzodiazepines with no additional fused rings is 1. The standard InChI is InChI=1S/C11H10N2O3/c1-16-11(15)10-7-4-2-3-5-8(7)13-9(14)6-12-10/h2-5H,6H2,1H3,(H,13,14). The molecule has 0 unspecified atom stereocenters. The van der Waals surface area contributed by atoms with Gasteiger partial charge in [-0.15, -0.1) is 0 Å². The number of ether oxygens (including phenoxy) is 1. The van der Waals surface area contributed by atoms with Crippen LogP contribution in [0.15, 0.2) is 29.3 Å². The second-order valence-electron chi connectivity index (χ2n) is 3.25. The van der Waals surface area contributed by atoms with Gasteiger partial charge in [0.15, 0.2) is 5.71 Å². The second-order valence-corrected chi connectivity index (χ2v) is 3.25. The molecule has 0 spiro atoms. The van der Waals surface area contributed by atoms with Crippen LogP contribution in [0.2, 0.25) is 0 Å². The van der Waals surface area contributed by atoms with Gasteiger partial charge < -0.3 is 10.1 Å². The average Bonchev–Trinajstić information content (AvgIpc) is 2.46. The maximum Gasteiger partial charge on any atom is 0.356 e. The van der Waals surface area contributed by atoms with Crippen LogP contribution in [0.3, 0.4) is 0 Å². The van der Waals surface area contributed by atoms with Gasteiger partial charge in [0, 0.05) is 5.56 Å². The van der Waals surface area contributed by atoms with E-state index in [0.717, 1.165) is 0 Å². The monoisotopic (exact) mass is 218 g/mol. The maximum absolute atomic E-state index is 11.5. The van der Waals surface area contributed by atoms with Gasteiger partial charge in [-0.3, -0.25) is 9.79 Å². The van der Waals surface area contributed by atoms with E-state index >= 15 is 0 Å². The highest BCUT2D eigenvalue weighted by Crippen LogP contribution is 2.18. The summed E-state index contributed by atoms with van der Waals surface area (Å²) in [5.41, 5.74) is 1.34. The first kappa shape index (κ1) is 10.4. The van der Waals surface area contributed by atoms with Gasteiger partial charge in [0.1, 0.15) is 6.54 Å². The van der Waals surface area contributed by atoms with E-state index in [-0.39, 0.29) is 18.2 Å². The lowest BCUT2D eigenvalue weighted by molar-refractivity contribution is -0.132. The van der Waals surface area contributed by atoms with Crippen molar-refractivity contribution in [2.75, 3.05) is 19.0 Å². The Morgan fingerprint density at radius 2 is 2.19 bits per heavy atom. The fraction of sp³-hybridized carbons (Fsp3) is 0.182. The van der Waals surface area contributed by atoms with Gasteiger partial charge in [-0.25, -0.2) is 4.79 Å². The molecule has 0 bridgehead atoms. The summed E-state index contributed by atoms with van der Waals surface area (Å²) in [4.78, 5) is 26.8. The molecular weight excluding hydrogens is 208 g/mol. The lowest BCUT2D eigenvalue weighted by Gasteiger charge is -2.07. The van der Waals surface area contributed by atoms with Crippen molar-refractivity contribution >= 4 is 23.3 Å². The number of carbonyl (C=O) groups excluding carboxylic acids is 2. The Kier molecular flexibility index (Phi) is 2.68. The molecule has 0 saturated carbocycles. The van der Waals surface area contributed by atoms with Crippen molar-refractivity contribution in [3.05, 3.63) is 29.8 Å². The Morgan fingerprint density at radius 3 is 2.94 bits per heavy atom. The van der Waals surface area contributed by atoms with E-state index in [9.17, 15) is 9.59 Å². The molecule has 1 aromatic carbocycles. The van der Waals surface area contributed by atoms with Gasteiger partial charge >= 0.3 is 5.97 Å². The van der Waals surface area contributed by atoms with Crippen molar-refractivity contribution in [2.24, 2.45) is 4.99 Å². The van der Waals surface area contributed by atoms with Crippen LogP contribution in [0.5, 0.6) is 0 Å². The minimum absolute atomic E-state index is 0.0703. The Hall–Kier alpha value is -2.17. The number of hydrogen-bond donors (Lipinski definition) is 1. The van der Waals surface area contributed by atoms with E-state index in [2.05, 4.69) is 15.0 Å². The normalized spacial score (nSPS) is 14.3. The van der Waals surface area contributed by atoms with Crippen LogP contribution in [-0.2, 0) is 14.3 Å². The average molecular weight is 218 g/mol. The molecule has 5 heteroatoms. The number of methoxy groups -OCH3 is 1. The number of aliphatic imine (C=N–C) groups is 1. The third-order valence-electron chi connectivity index (χ3n) is 2.22. The van der Waals surface area contributed by atoms with Gasteiger partial charge in [0.2, 0.25) is 5.91 Å². The van der Waals surface area contributed by atoms with Crippen LogP contribution in [-0.4, -0.2) is 31.2 Å². The van der Waals surface area contributed by atoms with Crippen LogP contribution in [0.1, 0.15) is 5.56 Å². The van der Waals surface area contributed by atoms with Crippen molar-refractivity contribution in [2.45, 2.75) is 0 Å². The number of benzene rings is 1. The smallest absolute Gasteiger partial charge is 0.356 e. The van der Waals surface area contributed by atoms with E-state index in [0.29, 0.717) is 11.3 Å². The quantitative estimate of drug-likeness (QED) is 0.702. The molecule has 16 heavy (non-hydrogen) atoms. The number of nitrogens with zero attached hydrogens (tertiary/aromatic N) is 1. The first-order chi connectivity index (χ1) is 7.72. The van der Waals surface area contributed by atoms with E-state index in [1.165, 1.54) is 7.11 Å². The van der Waals surface area contributed by atoms with Crippen molar-refractivity contribution in [3.8, 4) is 0 Å². The van der Waals surface area contributed by atoms with Crippen molar-refractivity contribution < 1.29 is 14.3 Å². The zero-order chi connectivity index (χ0) is 11.5. The van der Waals surface area contributed by atoms with E-state index in [1.807, 2.05) is 0 Å². The first-order valence-electron chi connectivity index (χ1n) is 4.74. The number of amides is 1. The molecule has 0 saturated heterocycles. The largest absolute Gasteiger partial charge is 0.464 e. The summed E-state index contributed by atoms with van der Waals surface area (Å²) in [7, 11) is 1.29. The van der Waals surface area contributed by atoms with Crippen LogP contribution < -0.4 is 5.32 Å². The number of para-hydroxylation sites is 1. The summed E-state index contributed by atoms with van der Waals surface area (Å²) >= 11 is 0. The van der Waals surface area contributed by atoms with E-state index in [1.54, 1.807) is 24.3 Å². The fourth-order valence-corrected chi connectivity index (χ4v) is 1.50. The molecule has 82 valence electrons. The number of nitrogens with one attached hydrogen (secondary N) is 1. The molecular formula is C11H10N2O3. The summed E-state index contributed by atoms with van der Waals surface area (Å²) in [5.74, 6) is -0.782. The highest BCUT2D eigenvalue weighted by Gasteiger charge is 2.21. The minimum Gasteiger partial charge on any atom is -0.464 e. The maximum atomic E-state index is 11.5. The molecule has 1 amide bonds. The number of fused-ring (bicyclic) bond motifs is 1. The van der Waals surface area contributed by atoms with Crippen LogP contribution >= 0.6 is 0 Å². The summed E-state index contributed by atoms with van der Waals surface area (Å²) in [5, 5.41) is 2.67. The van der Waals surface area contributed by atoms with Crippen molar-refractivity contribution in [1.82, 2.24) is 0 Å². The Morgan fingerprint density at radius 1 is 1.44 bits per heavy atom. The molecule has 0 atom stereocenters. The fourth-order valence-electron chi connectivity index (χ4n) is 1.50. The molecule has 1 aliphatic heterocycles. The molecule has 0 aliphatic carbocycles. The molecule has 1 aromatic rings. The molecule has 0 fully saturated rings. The van der Waals surface area contributed by atoms with Crippen LogP contribution in [0.4, 0.5) is 5.69 Å². The molecule has 0 radical (unpaired) electrons. The lowest BCUT2D eigenvalue weighted by Crippen LogP contribution is -2.17. The zero-order valence-corrected chi connectivity index (χ0v) is 8.69. The Balaban J connectivity index is 2.53. The van der Waals surface area contributed by atoms with Crippen LogP contribution in [0, 0.1) is 0 Å². The van der Waals surface area contributed by atoms with Gasteiger partial charge in [-0.05, 0) is 6.07 Å². The summed E-state index contributed by atoms with van der Waals surface area (Å²) in [6.45, 7) is -0.0703. The summed E-state index contributed by atoms with van der Waals surface area (Å²) in [6.07, 6.45) is 0. The third kappa shape index (κ3) is 1.79. The van der Waals surface area contributed by atoms with Gasteiger partial charge in [0.25, 0.3) is 0 Å². The third-order valence-corrected chi connectivity index (χ3v) is 2.22. The van der Waals surface area contributed by atoms with Crippen molar-refractivity contribution in [3.63, 3.8) is 0 Å². The molecule has 1 aliphatic rings. The number of rotatable bonds is 1. The van der Waals surface area contributed by atoms with Crippen molar-refractivity contribution in [1.29, 1.82) is 0 Å². The molecule has 2 rings (SSSR count). The molecule has 1 N–H and O–H groups in total. The number of esters is 1. The number of hydrogen-bond acceptors (Lipinski definition) is 4. The summed E-state index contributed by atoms with van der Waals surface area (Å²) < 4.78 is 4.63. The number of anilines is 1. The Labute approximate surface area is 92.1 Å². The predicted molar refractivity (Wildman–Crippen MR) is 58.5 cm³/mol. The SMILES string of the molecule is COC(=O)C1=NCC(=O)Nc2ccccc21. The van der Waals surface area contributed by atoms with E-state index in [4.69, 9.17) is 0 Å². The highest BCUT2D eigenvalue weighted by molar-refractivity contribution is 6.45. The molecule has 5 nitrogen and oxygen atoms in total. The van der Waals surface area contributed by atoms with Gasteiger partial charge in [0.05, 0.1) is 12.8 Å². The molecule has 1 heterocycles. The predicted octanol–water partition coefficient (Wildman–Crippen LogP) is 0.601. The Bertz CT molecular complexity index is 480. The topological polar surface area (TPSA) is 67.8 Å². The lowest BCUT2D eigenvalue weighted by atomic mass is 10.1. The minimum atomic E-state index is -0.538. The molecule has 0 aromatic heterocycles. The van der Waals surface area contributed by atoms with Gasteiger partial charge in [-0.2, -0.15) is 0 Å². The highest BCUT2D eigenvalue weighted by atomic mass is 16.5. The number of carbonyl (C=O) groups is 2. The van der Waals surface area contributed by atoms with Gasteiger partial charge in [-0.1, -0.05) is 18.2 Å². The second kappa shape index (κ2) is 4.14. The zero-order valence-electron chi connectivity index (χ0n) is 8.69.